The fraction of sp³-hybridized carbons (Fsp3) is 0.951. The SMILES string of the molecule is CCCCCCCCCC/C=C\CCCCCCCCCCCCCCCCCCCCCCCCCCCCCC(=O)OC(CO)COC(=O)CCCCCCCCCCCCCCCCCCCCCCCCCCCCCCCCCCCC. The van der Waals surface area contributed by atoms with Gasteiger partial charge in [0, 0.05) is 12.8 Å². The van der Waals surface area contributed by atoms with E-state index < -0.39 is 6.10 Å². The van der Waals surface area contributed by atoms with E-state index in [0.29, 0.717) is 12.8 Å². The Labute approximate surface area is 547 Å². The van der Waals surface area contributed by atoms with E-state index in [2.05, 4.69) is 26.0 Å². The first-order chi connectivity index (χ1) is 43.1. The third kappa shape index (κ3) is 77.0. The summed E-state index contributed by atoms with van der Waals surface area (Å²) in [4.78, 5) is 24.7. The normalized spacial score (nSPS) is 12.1. The van der Waals surface area contributed by atoms with Crippen LogP contribution in [0.25, 0.3) is 0 Å². The van der Waals surface area contributed by atoms with Gasteiger partial charge in [0.15, 0.2) is 6.10 Å². The van der Waals surface area contributed by atoms with Gasteiger partial charge in [-0.2, -0.15) is 0 Å². The van der Waals surface area contributed by atoms with Gasteiger partial charge < -0.3 is 14.6 Å². The highest BCUT2D eigenvalue weighted by atomic mass is 16.6. The zero-order valence-corrected chi connectivity index (χ0v) is 59.8. The smallest absolute Gasteiger partial charge is 0.306 e. The number of rotatable bonds is 78. The summed E-state index contributed by atoms with van der Waals surface area (Å²) in [5.41, 5.74) is 0. The monoisotopic (exact) mass is 1230 g/mol. The van der Waals surface area contributed by atoms with Crippen molar-refractivity contribution >= 4 is 11.9 Å². The van der Waals surface area contributed by atoms with Crippen molar-refractivity contribution in [1.29, 1.82) is 0 Å². The highest BCUT2D eigenvalue weighted by Crippen LogP contribution is 2.21. The molecule has 0 saturated heterocycles. The highest BCUT2D eigenvalue weighted by Gasteiger charge is 2.16. The minimum absolute atomic E-state index is 0.0559. The van der Waals surface area contributed by atoms with Crippen LogP contribution in [0.3, 0.4) is 0 Å². The summed E-state index contributed by atoms with van der Waals surface area (Å²) < 4.78 is 10.8. The van der Waals surface area contributed by atoms with E-state index >= 15 is 0 Å². The summed E-state index contributed by atoms with van der Waals surface area (Å²) in [5, 5.41) is 9.73. The first-order valence-corrected chi connectivity index (χ1v) is 40.7. The topological polar surface area (TPSA) is 72.8 Å². The van der Waals surface area contributed by atoms with Gasteiger partial charge in [0.25, 0.3) is 0 Å². The molecule has 0 bridgehead atoms. The zero-order valence-electron chi connectivity index (χ0n) is 59.8. The molecule has 518 valence electrons. The van der Waals surface area contributed by atoms with Crippen molar-refractivity contribution in [3.63, 3.8) is 0 Å². The Balaban J connectivity index is 3.33. The van der Waals surface area contributed by atoms with Crippen LogP contribution in [0.2, 0.25) is 0 Å². The molecule has 87 heavy (non-hydrogen) atoms. The average Bonchev–Trinajstić information content (AvgIpc) is 3.52. The van der Waals surface area contributed by atoms with E-state index in [1.807, 2.05) is 0 Å². The van der Waals surface area contributed by atoms with E-state index in [1.54, 1.807) is 0 Å². The van der Waals surface area contributed by atoms with Crippen molar-refractivity contribution < 1.29 is 24.2 Å². The Hall–Kier alpha value is -1.36. The fourth-order valence-electron chi connectivity index (χ4n) is 13.2. The quantitative estimate of drug-likeness (QED) is 0.0373. The number of aliphatic hydroxyl groups excluding tert-OH is 1. The number of ether oxygens (including phenoxy) is 2. The van der Waals surface area contributed by atoms with E-state index in [9.17, 15) is 14.7 Å². The first kappa shape index (κ1) is 85.6. The third-order valence-corrected chi connectivity index (χ3v) is 19.3. The van der Waals surface area contributed by atoms with Gasteiger partial charge >= 0.3 is 11.9 Å². The van der Waals surface area contributed by atoms with Gasteiger partial charge in [-0.3, -0.25) is 9.59 Å². The molecule has 5 heteroatoms. The van der Waals surface area contributed by atoms with Crippen molar-refractivity contribution in [3.8, 4) is 0 Å². The number of unbranched alkanes of at least 4 members (excludes halogenated alkanes) is 68. The Kier molecular flexibility index (Phi) is 77.6. The van der Waals surface area contributed by atoms with Crippen LogP contribution in [0.4, 0.5) is 0 Å². The maximum Gasteiger partial charge on any atom is 0.306 e. The summed E-state index contributed by atoms with van der Waals surface area (Å²) >= 11 is 0. The molecule has 1 atom stereocenters. The van der Waals surface area contributed by atoms with Crippen molar-refractivity contribution in [2.75, 3.05) is 13.2 Å². The Morgan fingerprint density at radius 1 is 0.253 bits per heavy atom. The molecule has 0 aliphatic carbocycles. The van der Waals surface area contributed by atoms with Crippen LogP contribution in [0.1, 0.15) is 483 Å². The van der Waals surface area contributed by atoms with Crippen LogP contribution in [0, 0.1) is 0 Å². The van der Waals surface area contributed by atoms with Crippen molar-refractivity contribution in [2.24, 2.45) is 0 Å². The summed E-state index contributed by atoms with van der Waals surface area (Å²) in [6, 6.07) is 0. The number of carbonyl (C=O) groups excluding carboxylic acids is 2. The van der Waals surface area contributed by atoms with Gasteiger partial charge in [-0.15, -0.1) is 0 Å². The molecule has 0 aliphatic heterocycles. The van der Waals surface area contributed by atoms with Crippen LogP contribution in [-0.4, -0.2) is 36.4 Å². The predicted octanol–water partition coefficient (Wildman–Crippen LogP) is 28.5. The second-order valence-corrected chi connectivity index (χ2v) is 28.2. The molecule has 1 unspecified atom stereocenters. The molecule has 0 spiro atoms. The molecule has 0 radical (unpaired) electrons. The number of esters is 2. The lowest BCUT2D eigenvalue weighted by Crippen LogP contribution is -2.28. The van der Waals surface area contributed by atoms with Gasteiger partial charge in [-0.25, -0.2) is 0 Å². The van der Waals surface area contributed by atoms with Crippen molar-refractivity contribution in [3.05, 3.63) is 12.2 Å². The molecule has 0 rings (SSSR count). The van der Waals surface area contributed by atoms with Crippen LogP contribution in [-0.2, 0) is 19.1 Å². The Morgan fingerprint density at radius 2 is 0.425 bits per heavy atom. The molecule has 0 fully saturated rings. The minimum Gasteiger partial charge on any atom is -0.462 e. The van der Waals surface area contributed by atoms with Crippen molar-refractivity contribution in [1.82, 2.24) is 0 Å². The molecule has 0 heterocycles. The number of aliphatic hydroxyl groups is 1. The fourth-order valence-corrected chi connectivity index (χ4v) is 13.2. The summed E-state index contributed by atoms with van der Waals surface area (Å²) in [5.74, 6) is -0.557. The highest BCUT2D eigenvalue weighted by molar-refractivity contribution is 5.70. The lowest BCUT2D eigenvalue weighted by Gasteiger charge is -2.15. The molecule has 0 saturated carbocycles. The van der Waals surface area contributed by atoms with Crippen LogP contribution in [0.5, 0.6) is 0 Å². The van der Waals surface area contributed by atoms with Gasteiger partial charge in [0.1, 0.15) is 6.61 Å². The molecule has 5 nitrogen and oxygen atoms in total. The molecular formula is C82H160O5. The molecule has 0 aliphatic rings. The van der Waals surface area contributed by atoms with Crippen LogP contribution in [0.15, 0.2) is 12.2 Å². The lowest BCUT2D eigenvalue weighted by molar-refractivity contribution is -0.161. The van der Waals surface area contributed by atoms with E-state index in [4.69, 9.17) is 9.47 Å². The largest absolute Gasteiger partial charge is 0.462 e. The maximum absolute atomic E-state index is 12.4. The van der Waals surface area contributed by atoms with Gasteiger partial charge in [0.2, 0.25) is 0 Å². The summed E-state index contributed by atoms with van der Waals surface area (Å²) in [6.07, 6.45) is 103. The second-order valence-electron chi connectivity index (χ2n) is 28.2. The van der Waals surface area contributed by atoms with E-state index in [0.717, 1.165) is 32.1 Å². The van der Waals surface area contributed by atoms with Crippen LogP contribution >= 0.6 is 0 Å². The number of hydrogen-bond donors (Lipinski definition) is 1. The molecule has 1 N–H and O–H groups in total. The van der Waals surface area contributed by atoms with E-state index in [1.165, 1.54) is 424 Å². The Bertz CT molecular complexity index is 1300. The number of hydrogen-bond acceptors (Lipinski definition) is 5. The van der Waals surface area contributed by atoms with Gasteiger partial charge in [-0.05, 0) is 38.5 Å². The minimum atomic E-state index is -0.767. The van der Waals surface area contributed by atoms with Gasteiger partial charge in [0.05, 0.1) is 6.61 Å². The molecule has 0 aromatic rings. The van der Waals surface area contributed by atoms with E-state index in [-0.39, 0.29) is 25.2 Å². The van der Waals surface area contributed by atoms with Gasteiger partial charge in [-0.1, -0.05) is 443 Å². The lowest BCUT2D eigenvalue weighted by atomic mass is 10.0. The number of carbonyl (C=O) groups is 2. The Morgan fingerprint density at radius 3 is 0.621 bits per heavy atom. The maximum atomic E-state index is 12.4. The average molecular weight is 1230 g/mol. The summed E-state index contributed by atoms with van der Waals surface area (Å²) in [7, 11) is 0. The number of allylic oxidation sites excluding steroid dienone is 2. The molecular weight excluding hydrogens is 1060 g/mol. The second kappa shape index (κ2) is 78.9. The van der Waals surface area contributed by atoms with Crippen LogP contribution < -0.4 is 0 Å². The first-order valence-electron chi connectivity index (χ1n) is 40.7. The van der Waals surface area contributed by atoms with Crippen molar-refractivity contribution in [2.45, 2.75) is 489 Å². The zero-order chi connectivity index (χ0) is 62.6. The molecule has 0 aromatic heterocycles. The standard InChI is InChI=1S/C82H160O5/c1-3-5-7-9-11-13-15-17-19-21-23-25-27-29-31-33-35-37-39-40-41-42-43-45-47-49-51-53-55-57-59-61-63-65-67-69-71-73-75-77-82(85)87-80(78-83)79-86-81(84)76-74-72-70-68-66-64-62-60-58-56-54-52-50-48-46-44-38-36-34-32-30-28-26-24-22-20-18-16-14-12-10-8-6-4-2/h21,23,80,83H,3-20,22,24-79H2,1-2H3/b23-21-. The summed E-state index contributed by atoms with van der Waals surface area (Å²) in [6.45, 7) is 4.23. The predicted molar refractivity (Wildman–Crippen MR) is 385 cm³/mol. The third-order valence-electron chi connectivity index (χ3n) is 19.3. The molecule has 0 aromatic carbocycles. The molecule has 0 amide bonds.